The van der Waals surface area contributed by atoms with Gasteiger partial charge in [0.1, 0.15) is 0 Å². The summed E-state index contributed by atoms with van der Waals surface area (Å²) in [6, 6.07) is 7.81. The van der Waals surface area contributed by atoms with Crippen LogP contribution in [0.4, 0.5) is 0 Å². The van der Waals surface area contributed by atoms with Gasteiger partial charge in [-0.3, -0.25) is 4.79 Å². The van der Waals surface area contributed by atoms with Crippen LogP contribution in [0.5, 0.6) is 0 Å². The number of nitrogens with two attached hydrogens (primary N) is 1. The number of nitrogens with one attached hydrogen (secondary N) is 1. The molecule has 0 radical (unpaired) electrons. The first kappa shape index (κ1) is 17.2. The van der Waals surface area contributed by atoms with E-state index in [-0.39, 0.29) is 11.4 Å². The van der Waals surface area contributed by atoms with Gasteiger partial charge in [0, 0.05) is 29.4 Å². The number of carbonyl (C=O) groups excluding carboxylic acids is 1. The van der Waals surface area contributed by atoms with Gasteiger partial charge in [-0.1, -0.05) is 34.1 Å². The van der Waals surface area contributed by atoms with Gasteiger partial charge in [0.25, 0.3) is 0 Å². The van der Waals surface area contributed by atoms with Crippen LogP contribution in [0.1, 0.15) is 32.1 Å². The lowest BCUT2D eigenvalue weighted by Crippen LogP contribution is -2.53. The third-order valence-electron chi connectivity index (χ3n) is 4.59. The number of hydrogen-bond acceptors (Lipinski definition) is 4. The van der Waals surface area contributed by atoms with Gasteiger partial charge in [-0.25, -0.2) is 4.98 Å². The SMILES string of the molecule is CC(CN)(NC(=O)CCc1ncc(-c2ccccc2Br)o1)C1CC1. The molecule has 0 bridgehead atoms. The second-order valence-corrected chi connectivity index (χ2v) is 7.40. The van der Waals surface area contributed by atoms with Crippen molar-refractivity contribution in [1.29, 1.82) is 0 Å². The maximum absolute atomic E-state index is 12.2. The van der Waals surface area contributed by atoms with Crippen molar-refractivity contribution in [3.63, 3.8) is 0 Å². The van der Waals surface area contributed by atoms with Crippen LogP contribution in [-0.4, -0.2) is 23.0 Å². The number of aryl methyl sites for hydroxylation is 1. The summed E-state index contributed by atoms with van der Waals surface area (Å²) < 4.78 is 6.72. The van der Waals surface area contributed by atoms with Crippen LogP contribution in [0.15, 0.2) is 39.4 Å². The van der Waals surface area contributed by atoms with E-state index in [1.54, 1.807) is 6.20 Å². The summed E-state index contributed by atoms with van der Waals surface area (Å²) in [6.45, 7) is 2.49. The predicted molar refractivity (Wildman–Crippen MR) is 96.3 cm³/mol. The van der Waals surface area contributed by atoms with Gasteiger partial charge in [0.15, 0.2) is 11.7 Å². The van der Waals surface area contributed by atoms with Crippen LogP contribution in [0, 0.1) is 5.92 Å². The average Bonchev–Trinajstić information content (AvgIpc) is 3.33. The molecule has 1 aliphatic rings. The van der Waals surface area contributed by atoms with Crippen LogP contribution in [0.2, 0.25) is 0 Å². The first-order valence-electron chi connectivity index (χ1n) is 8.22. The molecule has 1 heterocycles. The summed E-state index contributed by atoms with van der Waals surface area (Å²) in [5, 5.41) is 3.08. The molecule has 1 amide bonds. The van der Waals surface area contributed by atoms with E-state index in [0.717, 1.165) is 22.9 Å². The number of nitrogens with zero attached hydrogens (tertiary/aromatic N) is 1. The topological polar surface area (TPSA) is 81.1 Å². The molecule has 24 heavy (non-hydrogen) atoms. The average molecular weight is 392 g/mol. The van der Waals surface area contributed by atoms with Gasteiger partial charge in [-0.15, -0.1) is 0 Å². The fourth-order valence-electron chi connectivity index (χ4n) is 2.85. The Hall–Kier alpha value is -1.66. The number of hydrogen-bond donors (Lipinski definition) is 2. The highest BCUT2D eigenvalue weighted by Crippen LogP contribution is 2.39. The van der Waals surface area contributed by atoms with Gasteiger partial charge >= 0.3 is 0 Å². The molecule has 1 aromatic carbocycles. The van der Waals surface area contributed by atoms with Crippen molar-refractivity contribution in [3.05, 3.63) is 40.8 Å². The summed E-state index contributed by atoms with van der Waals surface area (Å²) in [5.41, 5.74) is 6.50. The summed E-state index contributed by atoms with van der Waals surface area (Å²) >= 11 is 3.50. The van der Waals surface area contributed by atoms with E-state index in [0.29, 0.717) is 37.0 Å². The van der Waals surface area contributed by atoms with Crippen molar-refractivity contribution in [2.24, 2.45) is 11.7 Å². The molecule has 1 aliphatic carbocycles. The van der Waals surface area contributed by atoms with E-state index in [4.69, 9.17) is 10.2 Å². The molecular formula is C18H22BrN3O2. The standard InChI is InChI=1S/C18H22BrN3O2/c1-18(11-20,12-6-7-12)22-16(23)8-9-17-21-10-15(24-17)13-4-2-3-5-14(13)19/h2-5,10,12H,6-9,11,20H2,1H3,(H,22,23). The molecular weight excluding hydrogens is 370 g/mol. The predicted octanol–water partition coefficient (Wildman–Crippen LogP) is 3.28. The molecule has 128 valence electrons. The molecule has 1 unspecified atom stereocenters. The molecule has 6 heteroatoms. The fourth-order valence-corrected chi connectivity index (χ4v) is 3.33. The lowest BCUT2D eigenvalue weighted by Gasteiger charge is -2.29. The van der Waals surface area contributed by atoms with Crippen molar-refractivity contribution in [2.45, 2.75) is 38.1 Å². The highest BCUT2D eigenvalue weighted by atomic mass is 79.9. The zero-order chi connectivity index (χ0) is 17.2. The second kappa shape index (κ2) is 7.07. The van der Waals surface area contributed by atoms with E-state index in [9.17, 15) is 4.79 Å². The molecule has 5 nitrogen and oxygen atoms in total. The first-order chi connectivity index (χ1) is 11.5. The van der Waals surface area contributed by atoms with Crippen molar-refractivity contribution < 1.29 is 9.21 Å². The third kappa shape index (κ3) is 3.87. The minimum atomic E-state index is -0.284. The monoisotopic (exact) mass is 391 g/mol. The van der Waals surface area contributed by atoms with Crippen LogP contribution in [0.3, 0.4) is 0 Å². The highest BCUT2D eigenvalue weighted by Gasteiger charge is 2.41. The van der Waals surface area contributed by atoms with Crippen molar-refractivity contribution in [1.82, 2.24) is 10.3 Å². The molecule has 1 aromatic heterocycles. The Bertz CT molecular complexity index is 727. The van der Waals surface area contributed by atoms with Crippen molar-refractivity contribution >= 4 is 21.8 Å². The minimum Gasteiger partial charge on any atom is -0.441 e. The molecule has 0 spiro atoms. The largest absolute Gasteiger partial charge is 0.441 e. The maximum atomic E-state index is 12.2. The molecule has 1 fully saturated rings. The maximum Gasteiger partial charge on any atom is 0.220 e. The summed E-state index contributed by atoms with van der Waals surface area (Å²) in [6.07, 6.45) is 4.80. The third-order valence-corrected chi connectivity index (χ3v) is 5.28. The Labute approximate surface area is 150 Å². The van der Waals surface area contributed by atoms with Gasteiger partial charge < -0.3 is 15.5 Å². The van der Waals surface area contributed by atoms with Gasteiger partial charge in [-0.2, -0.15) is 0 Å². The van der Waals surface area contributed by atoms with Crippen LogP contribution < -0.4 is 11.1 Å². The summed E-state index contributed by atoms with van der Waals surface area (Å²) in [4.78, 5) is 16.5. The van der Waals surface area contributed by atoms with E-state index in [1.165, 1.54) is 0 Å². The van der Waals surface area contributed by atoms with Crippen LogP contribution >= 0.6 is 15.9 Å². The molecule has 2 aromatic rings. The lowest BCUT2D eigenvalue weighted by molar-refractivity contribution is -0.123. The van der Waals surface area contributed by atoms with Crippen molar-refractivity contribution in [3.8, 4) is 11.3 Å². The number of benzene rings is 1. The van der Waals surface area contributed by atoms with Crippen molar-refractivity contribution in [2.75, 3.05) is 6.54 Å². The lowest BCUT2D eigenvalue weighted by atomic mass is 9.95. The molecule has 1 atom stereocenters. The molecule has 3 N–H and O–H groups in total. The number of carbonyl (C=O) groups is 1. The zero-order valence-corrected chi connectivity index (χ0v) is 15.3. The summed E-state index contributed by atoms with van der Waals surface area (Å²) in [5.74, 6) is 1.77. The fraction of sp³-hybridized carbons (Fsp3) is 0.444. The molecule has 1 saturated carbocycles. The number of aromatic nitrogens is 1. The van der Waals surface area contributed by atoms with Gasteiger partial charge in [-0.05, 0) is 31.7 Å². The quantitative estimate of drug-likeness (QED) is 0.758. The first-order valence-corrected chi connectivity index (χ1v) is 9.02. The normalized spacial score (nSPS) is 16.6. The Balaban J connectivity index is 1.57. The van der Waals surface area contributed by atoms with Crippen LogP contribution in [0.25, 0.3) is 11.3 Å². The number of rotatable bonds is 7. The van der Waals surface area contributed by atoms with E-state index in [2.05, 4.69) is 26.2 Å². The Morgan fingerprint density at radius 3 is 2.88 bits per heavy atom. The summed E-state index contributed by atoms with van der Waals surface area (Å²) in [7, 11) is 0. The van der Waals surface area contributed by atoms with E-state index < -0.39 is 0 Å². The van der Waals surface area contributed by atoms with Gasteiger partial charge in [0.2, 0.25) is 5.91 Å². The second-order valence-electron chi connectivity index (χ2n) is 6.54. The number of amides is 1. The minimum absolute atomic E-state index is 0.00417. The van der Waals surface area contributed by atoms with E-state index >= 15 is 0 Å². The Morgan fingerprint density at radius 2 is 2.21 bits per heavy atom. The highest BCUT2D eigenvalue weighted by molar-refractivity contribution is 9.10. The molecule has 0 saturated heterocycles. The molecule has 3 rings (SSSR count). The number of oxazole rings is 1. The number of halogens is 1. The Morgan fingerprint density at radius 1 is 1.46 bits per heavy atom. The van der Waals surface area contributed by atoms with E-state index in [1.807, 2.05) is 31.2 Å². The van der Waals surface area contributed by atoms with Crippen LogP contribution in [-0.2, 0) is 11.2 Å². The zero-order valence-electron chi connectivity index (χ0n) is 13.7. The Kier molecular flexibility index (Phi) is 5.06. The molecule has 0 aliphatic heterocycles. The van der Waals surface area contributed by atoms with Gasteiger partial charge in [0.05, 0.1) is 11.7 Å². The smallest absolute Gasteiger partial charge is 0.220 e.